The average molecular weight is 314 g/mol. The van der Waals surface area contributed by atoms with Crippen LogP contribution in [0.1, 0.15) is 29.6 Å². The summed E-state index contributed by atoms with van der Waals surface area (Å²) < 4.78 is 28.9. The Balaban J connectivity index is 2.28. The van der Waals surface area contributed by atoms with Crippen LogP contribution in [-0.2, 0) is 16.6 Å². The maximum atomic E-state index is 12.3. The number of nitrogens with zero attached hydrogens (tertiary/aromatic N) is 2. The second-order valence-electron chi connectivity index (χ2n) is 4.75. The first kappa shape index (κ1) is 15.0. The molecule has 0 bridgehead atoms. The summed E-state index contributed by atoms with van der Waals surface area (Å²) in [5.74, 6) is 0. The minimum atomic E-state index is -3.59. The van der Waals surface area contributed by atoms with Crippen molar-refractivity contribution >= 4 is 27.0 Å². The van der Waals surface area contributed by atoms with E-state index < -0.39 is 10.0 Å². The van der Waals surface area contributed by atoms with E-state index >= 15 is 0 Å². The zero-order chi connectivity index (χ0) is 14.9. The number of nitrogens with one attached hydrogen (secondary N) is 1. The third kappa shape index (κ3) is 3.02. The number of nitrogens with two attached hydrogens (primary N) is 1. The molecule has 0 radical (unpaired) electrons. The molecule has 6 nitrogen and oxygen atoms in total. The first-order chi connectivity index (χ1) is 9.33. The van der Waals surface area contributed by atoms with Gasteiger partial charge < -0.3 is 5.73 Å². The average Bonchev–Trinajstić information content (AvgIpc) is 2.95. The van der Waals surface area contributed by atoms with Gasteiger partial charge in [-0.15, -0.1) is 11.3 Å². The van der Waals surface area contributed by atoms with E-state index in [1.165, 1.54) is 17.5 Å². The highest BCUT2D eigenvalue weighted by molar-refractivity contribution is 7.93. The van der Waals surface area contributed by atoms with E-state index in [-0.39, 0.29) is 10.9 Å². The Morgan fingerprint density at radius 2 is 2.20 bits per heavy atom. The van der Waals surface area contributed by atoms with Gasteiger partial charge >= 0.3 is 0 Å². The van der Waals surface area contributed by atoms with Gasteiger partial charge in [0.05, 0.1) is 11.9 Å². The van der Waals surface area contributed by atoms with E-state index in [9.17, 15) is 8.42 Å². The normalized spacial score (nSPS) is 12.1. The Morgan fingerprint density at radius 3 is 2.70 bits per heavy atom. The predicted molar refractivity (Wildman–Crippen MR) is 80.4 cm³/mol. The topological polar surface area (TPSA) is 90.0 Å². The van der Waals surface area contributed by atoms with Crippen molar-refractivity contribution in [3.63, 3.8) is 0 Å². The number of hydrogen-bond donors (Lipinski definition) is 2. The van der Waals surface area contributed by atoms with E-state index in [4.69, 9.17) is 5.73 Å². The van der Waals surface area contributed by atoms with E-state index in [0.29, 0.717) is 12.2 Å². The first-order valence-corrected chi connectivity index (χ1v) is 8.50. The fourth-order valence-corrected chi connectivity index (χ4v) is 4.32. The number of thiophene rings is 1. The molecule has 0 spiro atoms. The summed E-state index contributed by atoms with van der Waals surface area (Å²) in [4.78, 5) is 1.86. The van der Waals surface area contributed by atoms with E-state index in [1.54, 1.807) is 23.9 Å². The van der Waals surface area contributed by atoms with Crippen molar-refractivity contribution in [3.05, 3.63) is 28.2 Å². The molecule has 0 aliphatic heterocycles. The number of aryl methyl sites for hydroxylation is 1. The van der Waals surface area contributed by atoms with Crippen LogP contribution in [0.2, 0.25) is 0 Å². The van der Waals surface area contributed by atoms with Gasteiger partial charge in [-0.3, -0.25) is 9.40 Å². The summed E-state index contributed by atoms with van der Waals surface area (Å²) in [6.45, 7) is 6.06. The molecular formula is C12H18N4O2S2. The van der Waals surface area contributed by atoms with E-state index in [0.717, 1.165) is 9.75 Å². The fourth-order valence-electron chi connectivity index (χ4n) is 1.77. The Kier molecular flexibility index (Phi) is 4.17. The molecular weight excluding hydrogens is 296 g/mol. The van der Waals surface area contributed by atoms with Crippen LogP contribution < -0.4 is 10.5 Å². The van der Waals surface area contributed by atoms with E-state index in [1.807, 2.05) is 13.8 Å². The van der Waals surface area contributed by atoms with Gasteiger partial charge in [0.15, 0.2) is 0 Å². The van der Waals surface area contributed by atoms with Crippen LogP contribution in [0.4, 0.5) is 5.69 Å². The summed E-state index contributed by atoms with van der Waals surface area (Å²) in [5, 5.41) is 4.11. The van der Waals surface area contributed by atoms with Gasteiger partial charge in [-0.1, -0.05) is 0 Å². The van der Waals surface area contributed by atoms with Crippen LogP contribution in [0.5, 0.6) is 0 Å². The highest BCUT2D eigenvalue weighted by Crippen LogP contribution is 2.27. The summed E-state index contributed by atoms with van der Waals surface area (Å²) >= 11 is 1.40. The van der Waals surface area contributed by atoms with Crippen molar-refractivity contribution in [2.45, 2.75) is 38.3 Å². The lowest BCUT2D eigenvalue weighted by Crippen LogP contribution is -2.12. The van der Waals surface area contributed by atoms with Crippen LogP contribution in [0.3, 0.4) is 0 Å². The molecule has 0 amide bonds. The molecule has 0 aromatic carbocycles. The Bertz CT molecular complexity index is 701. The molecule has 2 aromatic heterocycles. The van der Waals surface area contributed by atoms with Gasteiger partial charge in [0.1, 0.15) is 4.90 Å². The molecule has 0 aliphatic carbocycles. The maximum absolute atomic E-state index is 12.3. The van der Waals surface area contributed by atoms with Gasteiger partial charge in [0, 0.05) is 28.5 Å². The van der Waals surface area contributed by atoms with Crippen molar-refractivity contribution < 1.29 is 8.42 Å². The molecule has 2 aromatic rings. The second kappa shape index (κ2) is 5.55. The zero-order valence-corrected chi connectivity index (χ0v) is 13.3. The third-order valence-electron chi connectivity index (χ3n) is 2.80. The van der Waals surface area contributed by atoms with Gasteiger partial charge in [0.25, 0.3) is 10.0 Å². The number of hydrogen-bond acceptors (Lipinski definition) is 5. The van der Waals surface area contributed by atoms with Crippen molar-refractivity contribution in [2.75, 3.05) is 4.72 Å². The molecule has 110 valence electrons. The zero-order valence-electron chi connectivity index (χ0n) is 11.6. The van der Waals surface area contributed by atoms with E-state index in [2.05, 4.69) is 9.82 Å². The summed E-state index contributed by atoms with van der Waals surface area (Å²) in [5.41, 5.74) is 6.00. The number of sulfonamides is 1. The van der Waals surface area contributed by atoms with Crippen molar-refractivity contribution in [3.8, 4) is 0 Å². The first-order valence-electron chi connectivity index (χ1n) is 6.20. The van der Waals surface area contributed by atoms with Crippen molar-refractivity contribution in [1.82, 2.24) is 9.78 Å². The molecule has 0 aliphatic rings. The number of rotatable bonds is 5. The summed E-state index contributed by atoms with van der Waals surface area (Å²) in [7, 11) is -3.59. The quantitative estimate of drug-likeness (QED) is 0.884. The summed E-state index contributed by atoms with van der Waals surface area (Å²) in [6, 6.07) is 1.80. The standard InChI is InChI=1S/C12H18N4O2S2/c1-8(2)16-7-10(6-14-16)15-20(17,18)12-4-11(5-13)19-9(12)3/h4,6-8,15H,5,13H2,1-3H3. The van der Waals surface area contributed by atoms with Crippen LogP contribution >= 0.6 is 11.3 Å². The molecule has 2 heterocycles. The minimum absolute atomic E-state index is 0.181. The summed E-state index contributed by atoms with van der Waals surface area (Å²) in [6.07, 6.45) is 3.18. The number of anilines is 1. The minimum Gasteiger partial charge on any atom is -0.326 e. The Hall–Kier alpha value is -1.38. The van der Waals surface area contributed by atoms with Crippen LogP contribution in [0.25, 0.3) is 0 Å². The monoisotopic (exact) mass is 314 g/mol. The van der Waals surface area contributed by atoms with Gasteiger partial charge in [-0.05, 0) is 26.8 Å². The van der Waals surface area contributed by atoms with Gasteiger partial charge in [-0.25, -0.2) is 8.42 Å². The van der Waals surface area contributed by atoms with Crippen LogP contribution in [0, 0.1) is 6.92 Å². The SMILES string of the molecule is Cc1sc(CN)cc1S(=O)(=O)Nc1cnn(C(C)C)c1. The molecule has 0 saturated heterocycles. The molecule has 0 fully saturated rings. The Labute approximate surface area is 122 Å². The predicted octanol–water partition coefficient (Wildman–Crippen LogP) is 2.09. The number of aromatic nitrogens is 2. The lowest BCUT2D eigenvalue weighted by molar-refractivity contribution is 0.532. The van der Waals surface area contributed by atoms with Gasteiger partial charge in [-0.2, -0.15) is 5.10 Å². The molecule has 8 heteroatoms. The lowest BCUT2D eigenvalue weighted by atomic mass is 10.4. The molecule has 0 unspecified atom stereocenters. The fraction of sp³-hybridized carbons (Fsp3) is 0.417. The maximum Gasteiger partial charge on any atom is 0.263 e. The second-order valence-corrected chi connectivity index (χ2v) is 7.74. The largest absolute Gasteiger partial charge is 0.326 e. The van der Waals surface area contributed by atoms with Crippen molar-refractivity contribution in [1.29, 1.82) is 0 Å². The Morgan fingerprint density at radius 1 is 1.50 bits per heavy atom. The molecule has 0 saturated carbocycles. The third-order valence-corrected chi connectivity index (χ3v) is 5.51. The van der Waals surface area contributed by atoms with Gasteiger partial charge in [0.2, 0.25) is 0 Å². The van der Waals surface area contributed by atoms with Crippen LogP contribution in [0.15, 0.2) is 23.4 Å². The smallest absolute Gasteiger partial charge is 0.263 e. The highest BCUT2D eigenvalue weighted by atomic mass is 32.2. The molecule has 3 N–H and O–H groups in total. The molecule has 0 atom stereocenters. The van der Waals surface area contributed by atoms with Crippen molar-refractivity contribution in [2.24, 2.45) is 5.73 Å². The van der Waals surface area contributed by atoms with Crippen LogP contribution in [-0.4, -0.2) is 18.2 Å². The highest BCUT2D eigenvalue weighted by Gasteiger charge is 2.20. The molecule has 20 heavy (non-hydrogen) atoms. The molecule has 2 rings (SSSR count). The lowest BCUT2D eigenvalue weighted by Gasteiger charge is -2.06.